The van der Waals surface area contributed by atoms with Crippen LogP contribution in [0.15, 0.2) is 12.3 Å². The third kappa shape index (κ3) is 3.28. The topological polar surface area (TPSA) is 82.5 Å². The molecule has 2 aromatic rings. The van der Waals surface area contributed by atoms with E-state index in [1.165, 1.54) is 23.1 Å². The number of methoxy groups -OCH3 is 1. The fourth-order valence-corrected chi connectivity index (χ4v) is 2.86. The Morgan fingerprint density at radius 1 is 1.45 bits per heavy atom. The van der Waals surface area contributed by atoms with E-state index >= 15 is 0 Å². The second kappa shape index (κ2) is 6.61. The van der Waals surface area contributed by atoms with E-state index in [1.807, 2.05) is 0 Å². The van der Waals surface area contributed by atoms with Gasteiger partial charge in [0, 0.05) is 13.2 Å². The van der Waals surface area contributed by atoms with Crippen LogP contribution in [-0.4, -0.2) is 35.4 Å². The number of anilines is 1. The second-order valence-electron chi connectivity index (χ2n) is 4.52. The van der Waals surface area contributed by atoms with Gasteiger partial charge in [-0.1, -0.05) is 0 Å². The molecule has 8 heteroatoms. The van der Waals surface area contributed by atoms with Crippen molar-refractivity contribution in [2.75, 3.05) is 19.0 Å². The minimum Gasteiger partial charge on any atom is -0.479 e. The summed E-state index contributed by atoms with van der Waals surface area (Å²) in [5.41, 5.74) is 1.09. The Kier molecular flexibility index (Phi) is 4.81. The maximum atomic E-state index is 12.3. The first-order valence-electron chi connectivity index (χ1n) is 6.62. The fourth-order valence-electron chi connectivity index (χ4n) is 1.90. The number of aryl methyl sites for hydroxylation is 2. The minimum absolute atomic E-state index is 0.249. The molecule has 0 saturated heterocycles. The summed E-state index contributed by atoms with van der Waals surface area (Å²) < 4.78 is 11.5. The van der Waals surface area contributed by atoms with Gasteiger partial charge in [0.25, 0.3) is 5.91 Å². The number of thiophene rings is 1. The Morgan fingerprint density at radius 2 is 2.18 bits per heavy atom. The van der Waals surface area contributed by atoms with E-state index in [0.29, 0.717) is 22.0 Å². The Hall–Kier alpha value is -2.35. The lowest BCUT2D eigenvalue weighted by Crippen LogP contribution is -2.11. The molecule has 118 valence electrons. The predicted octanol–water partition coefficient (Wildman–Crippen LogP) is 2.23. The molecule has 2 heterocycles. The van der Waals surface area contributed by atoms with Crippen LogP contribution in [0, 0.1) is 6.92 Å². The second-order valence-corrected chi connectivity index (χ2v) is 5.58. The van der Waals surface area contributed by atoms with E-state index in [-0.39, 0.29) is 17.8 Å². The van der Waals surface area contributed by atoms with Crippen molar-refractivity contribution in [3.63, 3.8) is 0 Å². The standard InChI is InChI=1S/C14H17N3O4S/c1-5-21-14(19)11-8(2)6-10(22-11)15-12(18)9-7-17(3)16-13(9)20-4/h6-7H,5H2,1-4H3,(H,15,18). The van der Waals surface area contributed by atoms with Crippen LogP contribution in [0.4, 0.5) is 5.00 Å². The number of ether oxygens (including phenoxy) is 2. The normalized spacial score (nSPS) is 10.4. The van der Waals surface area contributed by atoms with Crippen molar-refractivity contribution in [1.82, 2.24) is 9.78 Å². The zero-order valence-corrected chi connectivity index (χ0v) is 13.6. The molecule has 1 amide bonds. The smallest absolute Gasteiger partial charge is 0.348 e. The van der Waals surface area contributed by atoms with Crippen molar-refractivity contribution in [1.29, 1.82) is 0 Å². The first kappa shape index (κ1) is 16.0. The van der Waals surface area contributed by atoms with Crippen LogP contribution in [-0.2, 0) is 11.8 Å². The Bertz CT molecular complexity index is 705. The first-order chi connectivity index (χ1) is 10.5. The molecule has 0 atom stereocenters. The SMILES string of the molecule is CCOC(=O)c1sc(NC(=O)c2cn(C)nc2OC)cc1C. The summed E-state index contributed by atoms with van der Waals surface area (Å²) in [4.78, 5) is 24.5. The van der Waals surface area contributed by atoms with E-state index in [1.54, 1.807) is 33.2 Å². The molecule has 0 aliphatic rings. The summed E-state index contributed by atoms with van der Waals surface area (Å²) in [5.74, 6) is -0.482. The van der Waals surface area contributed by atoms with Crippen molar-refractivity contribution < 1.29 is 19.1 Å². The third-order valence-corrected chi connectivity index (χ3v) is 3.98. The first-order valence-corrected chi connectivity index (χ1v) is 7.44. The monoisotopic (exact) mass is 323 g/mol. The highest BCUT2D eigenvalue weighted by Crippen LogP contribution is 2.28. The van der Waals surface area contributed by atoms with E-state index in [4.69, 9.17) is 9.47 Å². The molecule has 0 radical (unpaired) electrons. The van der Waals surface area contributed by atoms with Crippen LogP contribution < -0.4 is 10.1 Å². The maximum absolute atomic E-state index is 12.3. The molecule has 7 nitrogen and oxygen atoms in total. The number of amides is 1. The molecule has 22 heavy (non-hydrogen) atoms. The van der Waals surface area contributed by atoms with Crippen LogP contribution in [0.1, 0.15) is 32.5 Å². The van der Waals surface area contributed by atoms with Gasteiger partial charge >= 0.3 is 5.97 Å². The molecule has 2 rings (SSSR count). The van der Waals surface area contributed by atoms with Crippen molar-refractivity contribution in [2.45, 2.75) is 13.8 Å². The van der Waals surface area contributed by atoms with Crippen LogP contribution in [0.5, 0.6) is 5.88 Å². The van der Waals surface area contributed by atoms with Crippen molar-refractivity contribution in [2.24, 2.45) is 7.05 Å². The van der Waals surface area contributed by atoms with Gasteiger partial charge in [-0.2, -0.15) is 0 Å². The number of rotatable bonds is 5. The summed E-state index contributed by atoms with van der Waals surface area (Å²) in [6.45, 7) is 3.85. The fraction of sp³-hybridized carbons (Fsp3) is 0.357. The molecule has 0 saturated carbocycles. The summed E-state index contributed by atoms with van der Waals surface area (Å²) in [6, 6.07) is 1.73. The lowest BCUT2D eigenvalue weighted by atomic mass is 10.3. The lowest BCUT2D eigenvalue weighted by molar-refractivity contribution is 0.0531. The number of hydrogen-bond donors (Lipinski definition) is 1. The summed E-state index contributed by atoms with van der Waals surface area (Å²) in [5, 5.41) is 7.34. The lowest BCUT2D eigenvalue weighted by Gasteiger charge is -2.01. The highest BCUT2D eigenvalue weighted by molar-refractivity contribution is 7.18. The zero-order valence-electron chi connectivity index (χ0n) is 12.8. The van der Waals surface area contributed by atoms with E-state index in [0.717, 1.165) is 5.56 Å². The Morgan fingerprint density at radius 3 is 2.82 bits per heavy atom. The van der Waals surface area contributed by atoms with Crippen molar-refractivity contribution >= 4 is 28.2 Å². The third-order valence-electron chi connectivity index (χ3n) is 2.85. The molecule has 2 aromatic heterocycles. The molecule has 0 bridgehead atoms. The highest BCUT2D eigenvalue weighted by atomic mass is 32.1. The number of nitrogens with zero attached hydrogens (tertiary/aromatic N) is 2. The Balaban J connectivity index is 2.18. The van der Waals surface area contributed by atoms with Gasteiger partial charge in [-0.15, -0.1) is 16.4 Å². The zero-order chi connectivity index (χ0) is 16.3. The molecule has 0 aliphatic carbocycles. The summed E-state index contributed by atoms with van der Waals surface area (Å²) in [7, 11) is 3.15. The summed E-state index contributed by atoms with van der Waals surface area (Å²) >= 11 is 1.18. The predicted molar refractivity (Wildman–Crippen MR) is 82.7 cm³/mol. The number of hydrogen-bond acceptors (Lipinski definition) is 6. The Labute approximate surface area is 131 Å². The summed E-state index contributed by atoms with van der Waals surface area (Å²) in [6.07, 6.45) is 1.57. The van der Waals surface area contributed by atoms with E-state index in [9.17, 15) is 9.59 Å². The van der Waals surface area contributed by atoms with Gasteiger partial charge in [-0.05, 0) is 25.5 Å². The van der Waals surface area contributed by atoms with E-state index in [2.05, 4.69) is 10.4 Å². The number of carbonyl (C=O) groups is 2. The highest BCUT2D eigenvalue weighted by Gasteiger charge is 2.19. The molecule has 0 unspecified atom stereocenters. The molecule has 0 fully saturated rings. The average molecular weight is 323 g/mol. The van der Waals surface area contributed by atoms with Crippen molar-refractivity contribution in [3.05, 3.63) is 28.3 Å². The largest absolute Gasteiger partial charge is 0.479 e. The molecular formula is C14H17N3O4S. The van der Waals surface area contributed by atoms with Gasteiger partial charge in [0.15, 0.2) is 0 Å². The molecule has 0 aliphatic heterocycles. The van der Waals surface area contributed by atoms with Gasteiger partial charge in [-0.25, -0.2) is 4.79 Å². The van der Waals surface area contributed by atoms with Gasteiger partial charge in [0.05, 0.1) is 18.7 Å². The van der Waals surface area contributed by atoms with Crippen LogP contribution in [0.2, 0.25) is 0 Å². The number of nitrogens with one attached hydrogen (secondary N) is 1. The molecular weight excluding hydrogens is 306 g/mol. The average Bonchev–Trinajstić information content (AvgIpc) is 3.02. The van der Waals surface area contributed by atoms with Crippen LogP contribution in [0.3, 0.4) is 0 Å². The van der Waals surface area contributed by atoms with E-state index < -0.39 is 0 Å². The number of esters is 1. The quantitative estimate of drug-likeness (QED) is 0.853. The molecule has 1 N–H and O–H groups in total. The van der Waals surface area contributed by atoms with Gasteiger partial charge in [0.2, 0.25) is 5.88 Å². The minimum atomic E-state index is -0.385. The number of aromatic nitrogens is 2. The number of carbonyl (C=O) groups excluding carboxylic acids is 2. The molecule has 0 spiro atoms. The van der Waals surface area contributed by atoms with Crippen molar-refractivity contribution in [3.8, 4) is 5.88 Å². The van der Waals surface area contributed by atoms with Gasteiger partial charge in [-0.3, -0.25) is 9.48 Å². The van der Waals surface area contributed by atoms with Gasteiger partial charge < -0.3 is 14.8 Å². The maximum Gasteiger partial charge on any atom is 0.348 e. The molecule has 0 aromatic carbocycles. The van der Waals surface area contributed by atoms with Crippen LogP contribution in [0.25, 0.3) is 0 Å². The van der Waals surface area contributed by atoms with Gasteiger partial charge in [0.1, 0.15) is 10.4 Å². The van der Waals surface area contributed by atoms with Crippen LogP contribution >= 0.6 is 11.3 Å².